The Morgan fingerprint density at radius 2 is 0.897 bits per heavy atom. The molecule has 2 atom stereocenters. The van der Waals surface area contributed by atoms with Crippen LogP contribution in [0.1, 0.15) is 22.3 Å². The van der Waals surface area contributed by atoms with Gasteiger partial charge < -0.3 is 0 Å². The molecule has 4 nitrogen and oxygen atoms in total. The summed E-state index contributed by atoms with van der Waals surface area (Å²) in [7, 11) is -3.27. The van der Waals surface area contributed by atoms with E-state index in [4.69, 9.17) is 23.2 Å². The molecule has 0 saturated carbocycles. The van der Waals surface area contributed by atoms with Gasteiger partial charge in [0.1, 0.15) is 0 Å². The summed E-state index contributed by atoms with van der Waals surface area (Å²) in [5, 5.41) is 1.37. The number of halogens is 2. The minimum absolute atomic E-state index is 0.1000. The molecule has 1 aliphatic heterocycles. The van der Waals surface area contributed by atoms with Gasteiger partial charge in [-0.05, 0) is 34.4 Å². The second kappa shape index (κ2) is 12.7. The summed E-state index contributed by atoms with van der Waals surface area (Å²) < 4.78 is 26.6. The smallest absolute Gasteiger partial charge is 0.153 e. The van der Waals surface area contributed by atoms with Crippen LogP contribution in [0.2, 0.25) is 10.0 Å². The number of rotatable bonds is 10. The zero-order chi connectivity index (χ0) is 27.2. The topological polar surface area (TPSA) is 40.6 Å². The molecule has 1 aliphatic rings. The quantitative estimate of drug-likeness (QED) is 0.206. The van der Waals surface area contributed by atoms with Gasteiger partial charge in [0.15, 0.2) is 9.84 Å². The van der Waals surface area contributed by atoms with E-state index < -0.39 is 9.84 Å². The summed E-state index contributed by atoms with van der Waals surface area (Å²) in [6.07, 6.45) is 0. The van der Waals surface area contributed by atoms with Gasteiger partial charge in [0, 0.05) is 48.3 Å². The van der Waals surface area contributed by atoms with Crippen molar-refractivity contribution < 1.29 is 8.42 Å². The van der Waals surface area contributed by atoms with Gasteiger partial charge in [-0.25, -0.2) is 8.42 Å². The van der Waals surface area contributed by atoms with Gasteiger partial charge >= 0.3 is 0 Å². The SMILES string of the molecule is O=S1(=O)C[C@@H](N(Cc2ccccc2)Cc2ccccc2Cl)[C@H](N(Cc2ccccc2)Cc2ccccc2Cl)C1. The third-order valence-electron chi connectivity index (χ3n) is 7.35. The molecule has 0 radical (unpaired) electrons. The summed E-state index contributed by atoms with van der Waals surface area (Å²) >= 11 is 13.2. The van der Waals surface area contributed by atoms with Gasteiger partial charge in [0.2, 0.25) is 0 Å². The van der Waals surface area contributed by atoms with Gasteiger partial charge in [-0.15, -0.1) is 0 Å². The Morgan fingerprint density at radius 1 is 0.538 bits per heavy atom. The predicted molar refractivity (Wildman–Crippen MR) is 161 cm³/mol. The van der Waals surface area contributed by atoms with E-state index in [9.17, 15) is 8.42 Å². The van der Waals surface area contributed by atoms with Crippen LogP contribution in [0, 0.1) is 0 Å². The molecule has 0 spiro atoms. The first kappa shape index (κ1) is 27.9. The van der Waals surface area contributed by atoms with Crippen LogP contribution < -0.4 is 0 Å². The van der Waals surface area contributed by atoms with Crippen molar-refractivity contribution in [1.82, 2.24) is 9.80 Å². The normalized spacial score (nSPS) is 18.6. The van der Waals surface area contributed by atoms with Crippen molar-refractivity contribution in [1.29, 1.82) is 0 Å². The fourth-order valence-corrected chi connectivity index (χ4v) is 7.85. The summed E-state index contributed by atoms with van der Waals surface area (Å²) in [6, 6.07) is 35.6. The molecule has 1 saturated heterocycles. The lowest BCUT2D eigenvalue weighted by atomic mass is 10.0. The zero-order valence-electron chi connectivity index (χ0n) is 21.7. The van der Waals surface area contributed by atoms with Crippen molar-refractivity contribution in [2.24, 2.45) is 0 Å². The molecule has 39 heavy (non-hydrogen) atoms. The lowest BCUT2D eigenvalue weighted by Crippen LogP contribution is -2.50. The van der Waals surface area contributed by atoms with E-state index in [0.29, 0.717) is 36.2 Å². The average molecular weight is 580 g/mol. The number of hydrogen-bond acceptors (Lipinski definition) is 4. The van der Waals surface area contributed by atoms with Crippen molar-refractivity contribution in [3.63, 3.8) is 0 Å². The third-order valence-corrected chi connectivity index (χ3v) is 9.79. The fourth-order valence-electron chi connectivity index (χ4n) is 5.42. The molecule has 0 unspecified atom stereocenters. The molecule has 1 fully saturated rings. The predicted octanol–water partition coefficient (Wildman–Crippen LogP) is 6.86. The standard InChI is InChI=1S/C32H32Cl2N2O2S/c33-29-17-9-7-15-27(29)21-35(19-25-11-3-1-4-12-25)31-23-39(37,38)24-32(31)36(20-26-13-5-2-6-14-26)22-28-16-8-10-18-30(28)34/h1-18,31-32H,19-24H2/t31-,32-/m1/s1. The van der Waals surface area contributed by atoms with Crippen LogP contribution >= 0.6 is 23.2 Å². The summed E-state index contributed by atoms with van der Waals surface area (Å²) in [5.41, 5.74) is 4.24. The average Bonchev–Trinajstić information content (AvgIpc) is 3.27. The molecule has 0 amide bonds. The Morgan fingerprint density at radius 3 is 1.28 bits per heavy atom. The zero-order valence-corrected chi connectivity index (χ0v) is 24.0. The largest absolute Gasteiger partial charge is 0.289 e. The molecule has 0 aliphatic carbocycles. The molecule has 4 aromatic rings. The van der Waals surface area contributed by atoms with Crippen LogP contribution in [0.25, 0.3) is 0 Å². The highest BCUT2D eigenvalue weighted by atomic mass is 35.5. The van der Waals surface area contributed by atoms with Crippen LogP contribution in [-0.2, 0) is 36.0 Å². The molecule has 0 N–H and O–H groups in total. The molecule has 5 rings (SSSR count). The summed E-state index contributed by atoms with van der Waals surface area (Å²) in [4.78, 5) is 4.58. The monoisotopic (exact) mass is 578 g/mol. The van der Waals surface area contributed by atoms with Crippen molar-refractivity contribution in [2.45, 2.75) is 38.3 Å². The minimum atomic E-state index is -3.27. The Balaban J connectivity index is 1.53. The van der Waals surface area contributed by atoms with Gasteiger partial charge in [-0.1, -0.05) is 120 Å². The van der Waals surface area contributed by atoms with E-state index in [1.165, 1.54) is 0 Å². The lowest BCUT2D eigenvalue weighted by Gasteiger charge is -2.38. The highest BCUT2D eigenvalue weighted by Gasteiger charge is 2.44. The molecular weight excluding hydrogens is 547 g/mol. The van der Waals surface area contributed by atoms with Gasteiger partial charge in [-0.2, -0.15) is 0 Å². The second-order valence-corrected chi connectivity index (χ2v) is 13.1. The molecule has 7 heteroatoms. The molecular formula is C32H32Cl2N2O2S. The first-order chi connectivity index (χ1) is 18.9. The van der Waals surface area contributed by atoms with Crippen molar-refractivity contribution >= 4 is 33.0 Å². The van der Waals surface area contributed by atoms with E-state index in [2.05, 4.69) is 34.1 Å². The van der Waals surface area contributed by atoms with Crippen LogP contribution in [0.4, 0.5) is 0 Å². The number of hydrogen-bond donors (Lipinski definition) is 0. The van der Waals surface area contributed by atoms with Crippen molar-refractivity contribution in [3.05, 3.63) is 141 Å². The maximum atomic E-state index is 13.3. The Labute approximate surface area is 241 Å². The van der Waals surface area contributed by atoms with Gasteiger partial charge in [0.25, 0.3) is 0 Å². The maximum absolute atomic E-state index is 13.3. The van der Waals surface area contributed by atoms with Crippen molar-refractivity contribution in [3.8, 4) is 0 Å². The molecule has 4 aromatic carbocycles. The van der Waals surface area contributed by atoms with Gasteiger partial charge in [-0.3, -0.25) is 9.80 Å². The first-order valence-electron chi connectivity index (χ1n) is 13.1. The molecule has 0 bridgehead atoms. The minimum Gasteiger partial charge on any atom is -0.289 e. The van der Waals surface area contributed by atoms with Crippen molar-refractivity contribution in [2.75, 3.05) is 11.5 Å². The van der Waals surface area contributed by atoms with Crippen LogP contribution in [0.15, 0.2) is 109 Å². The maximum Gasteiger partial charge on any atom is 0.153 e. The number of benzene rings is 4. The Kier molecular flexibility index (Phi) is 9.06. The van der Waals surface area contributed by atoms with Gasteiger partial charge in [0.05, 0.1) is 11.5 Å². The number of sulfone groups is 1. The fraction of sp³-hybridized carbons (Fsp3) is 0.250. The van der Waals surface area contributed by atoms with E-state index in [1.807, 2.05) is 84.9 Å². The highest BCUT2D eigenvalue weighted by Crippen LogP contribution is 2.31. The highest BCUT2D eigenvalue weighted by molar-refractivity contribution is 7.91. The summed E-state index contributed by atoms with van der Waals surface area (Å²) in [5.74, 6) is 0.200. The van der Waals surface area contributed by atoms with Crippen LogP contribution in [-0.4, -0.2) is 41.8 Å². The first-order valence-corrected chi connectivity index (χ1v) is 15.7. The number of nitrogens with zero attached hydrogens (tertiary/aromatic N) is 2. The molecule has 202 valence electrons. The van der Waals surface area contributed by atoms with E-state index in [1.54, 1.807) is 0 Å². The lowest BCUT2D eigenvalue weighted by molar-refractivity contribution is 0.0863. The van der Waals surface area contributed by atoms with E-state index in [-0.39, 0.29) is 23.6 Å². The molecule has 1 heterocycles. The Bertz CT molecular complexity index is 1380. The summed E-state index contributed by atoms with van der Waals surface area (Å²) in [6.45, 7) is 2.34. The van der Waals surface area contributed by atoms with Crippen LogP contribution in [0.5, 0.6) is 0 Å². The second-order valence-electron chi connectivity index (χ2n) is 10.2. The third kappa shape index (κ3) is 7.30. The van der Waals surface area contributed by atoms with Crippen LogP contribution in [0.3, 0.4) is 0 Å². The van der Waals surface area contributed by atoms with E-state index in [0.717, 1.165) is 22.3 Å². The Hall–Kier alpha value is -2.67. The molecule has 0 aromatic heterocycles. The van der Waals surface area contributed by atoms with E-state index >= 15 is 0 Å².